The summed E-state index contributed by atoms with van der Waals surface area (Å²) < 4.78 is 10.4. The lowest BCUT2D eigenvalue weighted by atomic mass is 9.85. The predicted molar refractivity (Wildman–Crippen MR) is 164 cm³/mol. The first-order chi connectivity index (χ1) is 18.2. The normalized spacial score (nSPS) is 10.9. The van der Waals surface area contributed by atoms with Crippen LogP contribution in [-0.2, 0) is 31.6 Å². The number of methoxy groups -OCH3 is 2. The van der Waals surface area contributed by atoms with Crippen molar-refractivity contribution in [3.63, 3.8) is 0 Å². The summed E-state index contributed by atoms with van der Waals surface area (Å²) in [6, 6.07) is 22.5. The highest BCUT2D eigenvalue weighted by molar-refractivity contribution is 7.80. The highest BCUT2D eigenvalue weighted by Crippen LogP contribution is 2.25. The summed E-state index contributed by atoms with van der Waals surface area (Å²) >= 11 is 11.0. The first kappa shape index (κ1) is 29.2. The van der Waals surface area contributed by atoms with Gasteiger partial charge in [0.1, 0.15) is 11.5 Å². The zero-order chi connectivity index (χ0) is 27.5. The maximum absolute atomic E-state index is 5.52. The van der Waals surface area contributed by atoms with E-state index < -0.39 is 0 Å². The van der Waals surface area contributed by atoms with Crippen molar-refractivity contribution < 1.29 is 9.47 Å². The molecule has 0 heterocycles. The van der Waals surface area contributed by atoms with Gasteiger partial charge in [0.05, 0.1) is 14.2 Å². The van der Waals surface area contributed by atoms with Gasteiger partial charge in [-0.15, -0.1) is 0 Å². The molecular formula is C30H38N4O2S2. The van der Waals surface area contributed by atoms with E-state index in [0.29, 0.717) is 36.4 Å². The fraction of sp³-hybridized carbons (Fsp3) is 0.333. The number of rotatable bonds is 10. The summed E-state index contributed by atoms with van der Waals surface area (Å²) in [5, 5.41) is 14.5. The van der Waals surface area contributed by atoms with Crippen LogP contribution in [0.2, 0.25) is 0 Å². The number of ether oxygens (including phenoxy) is 2. The van der Waals surface area contributed by atoms with Gasteiger partial charge in [-0.05, 0) is 81.9 Å². The Balaban J connectivity index is 1.53. The molecule has 6 nitrogen and oxygen atoms in total. The van der Waals surface area contributed by atoms with E-state index in [4.69, 9.17) is 33.9 Å². The van der Waals surface area contributed by atoms with Gasteiger partial charge >= 0.3 is 0 Å². The van der Waals surface area contributed by atoms with Gasteiger partial charge in [0, 0.05) is 26.2 Å². The van der Waals surface area contributed by atoms with E-state index in [2.05, 4.69) is 60.2 Å². The van der Waals surface area contributed by atoms with E-state index in [0.717, 1.165) is 22.6 Å². The number of thiocarbonyl (C=S) groups is 2. The van der Waals surface area contributed by atoms with Gasteiger partial charge in [-0.1, -0.05) is 63.2 Å². The molecule has 0 aromatic heterocycles. The molecule has 0 amide bonds. The van der Waals surface area contributed by atoms with Crippen LogP contribution in [0, 0.1) is 0 Å². The molecule has 0 aliphatic carbocycles. The second-order valence-electron chi connectivity index (χ2n) is 10.1. The van der Waals surface area contributed by atoms with Crippen LogP contribution in [0.15, 0.2) is 66.7 Å². The van der Waals surface area contributed by atoms with Gasteiger partial charge in [0.15, 0.2) is 10.2 Å². The molecule has 0 saturated carbocycles. The Hall–Kier alpha value is -3.36. The van der Waals surface area contributed by atoms with E-state index >= 15 is 0 Å². The Kier molecular flexibility index (Phi) is 10.7. The maximum Gasteiger partial charge on any atom is 0.166 e. The minimum atomic E-state index is 0.0189. The van der Waals surface area contributed by atoms with E-state index in [9.17, 15) is 0 Å². The van der Waals surface area contributed by atoms with E-state index in [-0.39, 0.29) is 5.41 Å². The molecule has 38 heavy (non-hydrogen) atoms. The summed E-state index contributed by atoms with van der Waals surface area (Å²) in [6.07, 6.45) is 0. The van der Waals surface area contributed by atoms with Crippen LogP contribution in [0.5, 0.6) is 11.5 Å². The zero-order valence-corrected chi connectivity index (χ0v) is 24.4. The number of hydrogen-bond donors (Lipinski definition) is 4. The highest BCUT2D eigenvalue weighted by atomic mass is 32.1. The average molecular weight is 551 g/mol. The Morgan fingerprint density at radius 1 is 0.579 bits per heavy atom. The first-order valence-electron chi connectivity index (χ1n) is 12.6. The zero-order valence-electron chi connectivity index (χ0n) is 22.8. The summed E-state index contributed by atoms with van der Waals surface area (Å²) in [5.74, 6) is 1.68. The summed E-state index contributed by atoms with van der Waals surface area (Å²) in [6.45, 7) is 9.22. The average Bonchev–Trinajstić information content (AvgIpc) is 2.92. The van der Waals surface area contributed by atoms with Gasteiger partial charge in [0.2, 0.25) is 0 Å². The molecule has 8 heteroatoms. The van der Waals surface area contributed by atoms with Crippen molar-refractivity contribution in [2.75, 3.05) is 14.2 Å². The van der Waals surface area contributed by atoms with Gasteiger partial charge in [-0.2, -0.15) is 0 Å². The molecule has 3 aromatic carbocycles. The van der Waals surface area contributed by atoms with E-state index in [1.807, 2.05) is 48.5 Å². The first-order valence-corrected chi connectivity index (χ1v) is 13.4. The Morgan fingerprint density at radius 2 is 0.921 bits per heavy atom. The second-order valence-corrected chi connectivity index (χ2v) is 10.9. The smallest absolute Gasteiger partial charge is 0.166 e. The molecule has 202 valence electrons. The van der Waals surface area contributed by atoms with E-state index in [1.165, 1.54) is 16.7 Å². The van der Waals surface area contributed by atoms with Crippen LogP contribution >= 0.6 is 24.4 Å². The van der Waals surface area contributed by atoms with Crippen molar-refractivity contribution in [3.8, 4) is 11.5 Å². The Labute approximate surface area is 237 Å². The van der Waals surface area contributed by atoms with Gasteiger partial charge in [-0.25, -0.2) is 0 Å². The Bertz CT molecular complexity index is 1120. The topological polar surface area (TPSA) is 66.6 Å². The van der Waals surface area contributed by atoms with Gasteiger partial charge < -0.3 is 30.7 Å². The van der Waals surface area contributed by atoms with E-state index in [1.54, 1.807) is 14.2 Å². The molecule has 0 unspecified atom stereocenters. The lowest BCUT2D eigenvalue weighted by Crippen LogP contribution is -2.35. The molecular weight excluding hydrogens is 512 g/mol. The largest absolute Gasteiger partial charge is 0.497 e. The third-order valence-corrected chi connectivity index (χ3v) is 6.63. The molecule has 4 N–H and O–H groups in total. The van der Waals surface area contributed by atoms with Crippen molar-refractivity contribution in [1.82, 2.24) is 21.3 Å². The van der Waals surface area contributed by atoms with Gasteiger partial charge in [-0.3, -0.25) is 0 Å². The lowest BCUT2D eigenvalue weighted by molar-refractivity contribution is 0.414. The molecule has 3 rings (SSSR count). The summed E-state index contributed by atoms with van der Waals surface area (Å²) in [5.41, 5.74) is 5.89. The second kappa shape index (κ2) is 14.0. The highest BCUT2D eigenvalue weighted by Gasteiger charge is 2.15. The van der Waals surface area contributed by atoms with Crippen molar-refractivity contribution in [2.45, 2.75) is 52.4 Å². The van der Waals surface area contributed by atoms with Gasteiger partial charge in [0.25, 0.3) is 0 Å². The van der Waals surface area contributed by atoms with Crippen molar-refractivity contribution in [1.29, 1.82) is 0 Å². The van der Waals surface area contributed by atoms with Crippen LogP contribution in [0.4, 0.5) is 0 Å². The van der Waals surface area contributed by atoms with Crippen molar-refractivity contribution in [2.24, 2.45) is 0 Å². The summed E-state index contributed by atoms with van der Waals surface area (Å²) in [4.78, 5) is 0. The van der Waals surface area contributed by atoms with Crippen molar-refractivity contribution in [3.05, 3.63) is 94.5 Å². The minimum absolute atomic E-state index is 0.0189. The SMILES string of the molecule is COc1ccc(CNC(=S)NCc2cc(CNC(=S)NCc3ccc(OC)cc3)cc(C(C)(C)C)c2)cc1. The molecule has 0 bridgehead atoms. The molecule has 0 fully saturated rings. The quantitative estimate of drug-likeness (QED) is 0.253. The molecule has 0 atom stereocenters. The molecule has 0 aliphatic rings. The number of hydrogen-bond acceptors (Lipinski definition) is 4. The molecule has 0 radical (unpaired) electrons. The molecule has 0 saturated heterocycles. The lowest BCUT2D eigenvalue weighted by Gasteiger charge is -2.22. The standard InChI is InChI=1S/C30H38N4O2S2/c1-30(2,3)25-15-23(19-33-28(37)31-17-21-6-10-26(35-4)11-7-21)14-24(16-25)20-34-29(38)32-18-22-8-12-27(36-5)13-9-22/h6-16H,17-20H2,1-5H3,(H2,31,33,37)(H2,32,34,38). The maximum atomic E-state index is 5.52. The summed E-state index contributed by atoms with van der Waals surface area (Å²) in [7, 11) is 3.33. The fourth-order valence-electron chi connectivity index (χ4n) is 3.74. The van der Waals surface area contributed by atoms with Crippen molar-refractivity contribution >= 4 is 34.7 Å². The van der Waals surface area contributed by atoms with Crippen LogP contribution in [0.25, 0.3) is 0 Å². The number of benzene rings is 3. The number of nitrogens with one attached hydrogen (secondary N) is 4. The molecule has 0 spiro atoms. The monoisotopic (exact) mass is 550 g/mol. The minimum Gasteiger partial charge on any atom is -0.497 e. The third kappa shape index (κ3) is 9.50. The molecule has 3 aromatic rings. The fourth-order valence-corrected chi connectivity index (χ4v) is 4.03. The van der Waals surface area contributed by atoms with Crippen LogP contribution in [0.3, 0.4) is 0 Å². The Morgan fingerprint density at radius 3 is 1.24 bits per heavy atom. The van der Waals surface area contributed by atoms with Crippen LogP contribution < -0.4 is 30.7 Å². The predicted octanol–water partition coefficient (Wildman–Crippen LogP) is 5.33. The third-order valence-electron chi connectivity index (χ3n) is 6.05. The van der Waals surface area contributed by atoms with Crippen LogP contribution in [0.1, 0.15) is 48.6 Å². The molecule has 0 aliphatic heterocycles. The van der Waals surface area contributed by atoms with Crippen LogP contribution in [-0.4, -0.2) is 24.4 Å².